The molecule has 8 heteroatoms. The number of carbonyl (C=O) groups is 1. The van der Waals surface area contributed by atoms with E-state index >= 15 is 0 Å². The van der Waals surface area contributed by atoms with Gasteiger partial charge in [0.05, 0.1) is 33.9 Å². The summed E-state index contributed by atoms with van der Waals surface area (Å²) < 4.78 is 28.8. The van der Waals surface area contributed by atoms with Gasteiger partial charge in [0.2, 0.25) is 5.91 Å². The van der Waals surface area contributed by atoms with Crippen LogP contribution in [0, 0.1) is 13.8 Å². The van der Waals surface area contributed by atoms with E-state index in [9.17, 15) is 13.2 Å². The van der Waals surface area contributed by atoms with E-state index in [2.05, 4.69) is 34.3 Å². The standard InChI is InChI=1S/C28H30N4O3S/c1-18-26(19(2)32(30-18)28(3)12-13-36(34,35)17-28)21-14-25(33)29-23-10-7-11-24-27(23)22(21)16-31(24)15-20-8-5-4-6-9-20/h4-11,16,21H,12-15,17H2,1-3H3,(H,29,33)/t21-,28-/m0/s1. The summed E-state index contributed by atoms with van der Waals surface area (Å²) in [7, 11) is -3.09. The fraction of sp³-hybridized carbons (Fsp3) is 0.357. The second-order valence-corrected chi connectivity index (χ2v) is 12.7. The second-order valence-electron chi connectivity index (χ2n) is 10.5. The minimum Gasteiger partial charge on any atom is -0.343 e. The van der Waals surface area contributed by atoms with Gasteiger partial charge in [-0.25, -0.2) is 8.42 Å². The maximum absolute atomic E-state index is 13.1. The predicted octanol–water partition coefficient (Wildman–Crippen LogP) is 4.51. The Bertz CT molecular complexity index is 1620. The minimum absolute atomic E-state index is 0.0282. The number of carbonyl (C=O) groups excluding carboxylic acids is 1. The van der Waals surface area contributed by atoms with E-state index < -0.39 is 15.4 Å². The van der Waals surface area contributed by atoms with Gasteiger partial charge in [-0.05, 0) is 50.5 Å². The van der Waals surface area contributed by atoms with Crippen molar-refractivity contribution >= 4 is 32.3 Å². The topological polar surface area (TPSA) is 86.0 Å². The van der Waals surface area contributed by atoms with Gasteiger partial charge in [0.15, 0.2) is 9.84 Å². The molecule has 0 unspecified atom stereocenters. The number of nitrogens with zero attached hydrogens (tertiary/aromatic N) is 3. The zero-order chi connectivity index (χ0) is 25.2. The zero-order valence-corrected chi connectivity index (χ0v) is 21.6. The molecule has 2 aliphatic heterocycles. The van der Waals surface area contributed by atoms with Crippen molar-refractivity contribution in [1.82, 2.24) is 14.3 Å². The van der Waals surface area contributed by atoms with Gasteiger partial charge in [-0.3, -0.25) is 9.48 Å². The molecule has 1 amide bonds. The third kappa shape index (κ3) is 3.66. The molecule has 36 heavy (non-hydrogen) atoms. The molecule has 1 saturated heterocycles. The molecule has 6 rings (SSSR count). The van der Waals surface area contributed by atoms with Gasteiger partial charge >= 0.3 is 0 Å². The van der Waals surface area contributed by atoms with Crippen LogP contribution >= 0.6 is 0 Å². The van der Waals surface area contributed by atoms with Gasteiger partial charge in [0.25, 0.3) is 0 Å². The zero-order valence-electron chi connectivity index (χ0n) is 20.8. The molecular formula is C28H30N4O3S. The third-order valence-electron chi connectivity index (χ3n) is 7.86. The molecule has 2 aromatic heterocycles. The number of aryl methyl sites for hydroxylation is 1. The first-order valence-corrected chi connectivity index (χ1v) is 14.2. The van der Waals surface area contributed by atoms with Crippen molar-refractivity contribution in [3.63, 3.8) is 0 Å². The van der Waals surface area contributed by atoms with Crippen molar-refractivity contribution in [3.8, 4) is 0 Å². The second kappa shape index (κ2) is 8.06. The van der Waals surface area contributed by atoms with Crippen LogP contribution in [0.2, 0.25) is 0 Å². The largest absolute Gasteiger partial charge is 0.343 e. The Balaban J connectivity index is 1.52. The smallest absolute Gasteiger partial charge is 0.225 e. The van der Waals surface area contributed by atoms with Crippen LogP contribution in [0.5, 0.6) is 0 Å². The maximum atomic E-state index is 13.1. The van der Waals surface area contributed by atoms with Gasteiger partial charge in [-0.2, -0.15) is 5.10 Å². The highest BCUT2D eigenvalue weighted by Gasteiger charge is 2.43. The monoisotopic (exact) mass is 502 g/mol. The van der Waals surface area contributed by atoms with Crippen LogP contribution in [0.1, 0.15) is 53.8 Å². The van der Waals surface area contributed by atoms with Gasteiger partial charge in [-0.1, -0.05) is 36.4 Å². The number of amides is 1. The normalized spacial score (nSPS) is 23.1. The summed E-state index contributed by atoms with van der Waals surface area (Å²) in [6.07, 6.45) is 3.04. The molecule has 2 atom stereocenters. The molecule has 0 spiro atoms. The van der Waals surface area contributed by atoms with Gasteiger partial charge in [0, 0.05) is 41.7 Å². The number of aromatic nitrogens is 3. The van der Waals surface area contributed by atoms with Crippen LogP contribution in [0.25, 0.3) is 10.9 Å². The SMILES string of the molecule is Cc1nn([C@@]2(C)CCS(=O)(=O)C2)c(C)c1[C@H]1CC(=O)Nc2cccc3c2c1cn3Cc1ccccc1. The third-order valence-corrected chi connectivity index (χ3v) is 9.75. The van der Waals surface area contributed by atoms with Crippen LogP contribution in [-0.2, 0) is 26.7 Å². The molecule has 2 aromatic carbocycles. The lowest BCUT2D eigenvalue weighted by atomic mass is 9.87. The highest BCUT2D eigenvalue weighted by molar-refractivity contribution is 7.91. The first kappa shape index (κ1) is 23.0. The van der Waals surface area contributed by atoms with Gasteiger partial charge in [-0.15, -0.1) is 0 Å². The lowest BCUT2D eigenvalue weighted by Gasteiger charge is -2.25. The van der Waals surface area contributed by atoms with E-state index in [0.717, 1.165) is 45.6 Å². The number of anilines is 1. The summed E-state index contributed by atoms with van der Waals surface area (Å²) in [4.78, 5) is 13.1. The van der Waals surface area contributed by atoms with E-state index in [-0.39, 0.29) is 23.3 Å². The molecule has 186 valence electrons. The molecule has 0 aliphatic carbocycles. The Labute approximate surface area is 211 Å². The van der Waals surface area contributed by atoms with Crippen molar-refractivity contribution in [3.05, 3.63) is 82.8 Å². The molecule has 4 heterocycles. The number of benzene rings is 2. The maximum Gasteiger partial charge on any atom is 0.225 e. The number of hydrogen-bond donors (Lipinski definition) is 1. The van der Waals surface area contributed by atoms with Crippen molar-refractivity contribution in [2.24, 2.45) is 0 Å². The quantitative estimate of drug-likeness (QED) is 0.445. The van der Waals surface area contributed by atoms with Crippen LogP contribution in [0.4, 0.5) is 5.69 Å². The first-order valence-electron chi connectivity index (χ1n) is 12.4. The van der Waals surface area contributed by atoms with Crippen molar-refractivity contribution in [2.75, 3.05) is 16.8 Å². The molecular weight excluding hydrogens is 472 g/mol. The molecule has 4 aromatic rings. The fourth-order valence-corrected chi connectivity index (χ4v) is 8.37. The lowest BCUT2D eigenvalue weighted by Crippen LogP contribution is -2.33. The van der Waals surface area contributed by atoms with E-state index in [1.807, 2.05) is 55.8 Å². The Morgan fingerprint density at radius 2 is 1.89 bits per heavy atom. The van der Waals surface area contributed by atoms with Crippen LogP contribution in [-0.4, -0.2) is 40.2 Å². The number of sulfone groups is 1. The Hall–Kier alpha value is -3.39. The summed E-state index contributed by atoms with van der Waals surface area (Å²) in [5.41, 5.74) is 6.45. The van der Waals surface area contributed by atoms with Crippen molar-refractivity contribution in [2.45, 2.75) is 51.6 Å². The Kier molecular flexibility index (Phi) is 5.16. The molecule has 7 nitrogen and oxygen atoms in total. The van der Waals surface area contributed by atoms with E-state index in [0.29, 0.717) is 12.8 Å². The number of nitrogens with one attached hydrogen (secondary N) is 1. The van der Waals surface area contributed by atoms with Gasteiger partial charge in [0.1, 0.15) is 0 Å². The molecule has 0 bridgehead atoms. The number of rotatable bonds is 4. The molecule has 1 N–H and O–H groups in total. The summed E-state index contributed by atoms with van der Waals surface area (Å²) >= 11 is 0. The molecule has 0 saturated carbocycles. The van der Waals surface area contributed by atoms with Crippen molar-refractivity contribution in [1.29, 1.82) is 0 Å². The summed E-state index contributed by atoms with van der Waals surface area (Å²) in [5, 5.41) is 9.05. The Morgan fingerprint density at radius 1 is 1.11 bits per heavy atom. The van der Waals surface area contributed by atoms with Crippen molar-refractivity contribution < 1.29 is 13.2 Å². The number of hydrogen-bond acceptors (Lipinski definition) is 4. The van der Waals surface area contributed by atoms with Crippen LogP contribution in [0.15, 0.2) is 54.7 Å². The lowest BCUT2D eigenvalue weighted by molar-refractivity contribution is -0.116. The van der Waals surface area contributed by atoms with E-state index in [1.54, 1.807) is 0 Å². The summed E-state index contributed by atoms with van der Waals surface area (Å²) in [6, 6.07) is 16.4. The average Bonchev–Trinajstić information content (AvgIpc) is 3.41. The van der Waals surface area contributed by atoms with Crippen LogP contribution < -0.4 is 5.32 Å². The summed E-state index contributed by atoms with van der Waals surface area (Å²) in [5.74, 6) is 0.0648. The van der Waals surface area contributed by atoms with E-state index in [4.69, 9.17) is 5.10 Å². The highest BCUT2D eigenvalue weighted by atomic mass is 32.2. The fourth-order valence-electron chi connectivity index (χ4n) is 6.26. The summed E-state index contributed by atoms with van der Waals surface area (Å²) in [6.45, 7) is 6.69. The minimum atomic E-state index is -3.09. The average molecular weight is 503 g/mol. The molecule has 1 fully saturated rings. The Morgan fingerprint density at radius 3 is 2.61 bits per heavy atom. The predicted molar refractivity (Wildman–Crippen MR) is 141 cm³/mol. The van der Waals surface area contributed by atoms with Crippen LogP contribution in [0.3, 0.4) is 0 Å². The molecule has 0 radical (unpaired) electrons. The first-order chi connectivity index (χ1) is 17.2. The molecule has 2 aliphatic rings. The highest BCUT2D eigenvalue weighted by Crippen LogP contribution is 2.44. The van der Waals surface area contributed by atoms with E-state index in [1.165, 1.54) is 5.56 Å². The van der Waals surface area contributed by atoms with Gasteiger partial charge < -0.3 is 9.88 Å².